The molecule has 2 bridgehead atoms. The van der Waals surface area contributed by atoms with Gasteiger partial charge in [0, 0.05) is 0 Å². The summed E-state index contributed by atoms with van der Waals surface area (Å²) in [5.41, 5.74) is 1.17. The number of ether oxygens (including phenoxy) is 4. The number of benzene rings is 1. The molecule has 0 amide bonds. The van der Waals surface area contributed by atoms with E-state index in [9.17, 15) is 0 Å². The molecule has 0 N–H and O–H groups in total. The first-order valence-electron chi connectivity index (χ1n) is 6.00. The zero-order chi connectivity index (χ0) is 11.2. The zero-order valence-electron chi connectivity index (χ0n) is 9.32. The molecule has 17 heavy (non-hydrogen) atoms. The Kier molecular flexibility index (Phi) is 2.23. The minimum atomic E-state index is -0.151. The van der Waals surface area contributed by atoms with Crippen molar-refractivity contribution < 1.29 is 18.9 Å². The summed E-state index contributed by atoms with van der Waals surface area (Å²) in [4.78, 5) is 0. The molecule has 0 spiro atoms. The molecular weight excluding hydrogens is 220 g/mol. The normalized spacial score (nSPS) is 42.2. The fourth-order valence-electron chi connectivity index (χ4n) is 2.58. The van der Waals surface area contributed by atoms with E-state index in [-0.39, 0.29) is 30.7 Å². The highest BCUT2D eigenvalue weighted by atomic mass is 16.8. The summed E-state index contributed by atoms with van der Waals surface area (Å²) in [6.45, 7) is 1.23. The Labute approximate surface area is 99.4 Å². The second-order valence-corrected chi connectivity index (χ2v) is 4.70. The first-order valence-corrected chi connectivity index (χ1v) is 6.00. The quantitative estimate of drug-likeness (QED) is 0.734. The number of hydrogen-bond acceptors (Lipinski definition) is 4. The van der Waals surface area contributed by atoms with Crippen molar-refractivity contribution in [3.8, 4) is 0 Å². The summed E-state index contributed by atoms with van der Waals surface area (Å²) in [5.74, 6) is 0. The van der Waals surface area contributed by atoms with Crippen molar-refractivity contribution in [3.05, 3.63) is 35.9 Å². The summed E-state index contributed by atoms with van der Waals surface area (Å²) in [5, 5.41) is 0. The third kappa shape index (κ3) is 1.68. The molecule has 0 radical (unpaired) electrons. The monoisotopic (exact) mass is 234 g/mol. The first kappa shape index (κ1) is 10.0. The average molecular weight is 234 g/mol. The second-order valence-electron chi connectivity index (χ2n) is 4.70. The third-order valence-corrected chi connectivity index (χ3v) is 3.54. The number of hydrogen-bond donors (Lipinski definition) is 0. The van der Waals surface area contributed by atoms with Crippen LogP contribution >= 0.6 is 0 Å². The minimum absolute atomic E-state index is 0.0129. The van der Waals surface area contributed by atoms with Crippen LogP contribution in [0, 0.1) is 0 Å². The molecule has 3 saturated heterocycles. The topological polar surface area (TPSA) is 40.2 Å². The van der Waals surface area contributed by atoms with Crippen LogP contribution in [0.3, 0.4) is 0 Å². The molecule has 3 aliphatic heterocycles. The number of epoxide rings is 1. The summed E-state index contributed by atoms with van der Waals surface area (Å²) in [7, 11) is 0. The predicted molar refractivity (Wildman–Crippen MR) is 58.3 cm³/mol. The highest BCUT2D eigenvalue weighted by molar-refractivity contribution is 5.14. The summed E-state index contributed by atoms with van der Waals surface area (Å²) in [6, 6.07) is 10.1. The molecule has 3 aliphatic rings. The van der Waals surface area contributed by atoms with Crippen LogP contribution in [0.15, 0.2) is 30.3 Å². The van der Waals surface area contributed by atoms with E-state index in [4.69, 9.17) is 18.9 Å². The van der Waals surface area contributed by atoms with Gasteiger partial charge in [0.25, 0.3) is 0 Å². The van der Waals surface area contributed by atoms with Gasteiger partial charge >= 0.3 is 0 Å². The molecule has 5 atom stereocenters. The van der Waals surface area contributed by atoms with Crippen LogP contribution in [0.4, 0.5) is 0 Å². The molecular formula is C13H14O4. The SMILES string of the molecule is c1ccc(CO[C@H]2C3CO[C@H](O3)C3OC32)cc1. The van der Waals surface area contributed by atoms with Gasteiger partial charge in [0.05, 0.1) is 13.2 Å². The van der Waals surface area contributed by atoms with E-state index in [1.165, 1.54) is 5.56 Å². The van der Waals surface area contributed by atoms with Crippen LogP contribution < -0.4 is 0 Å². The van der Waals surface area contributed by atoms with Gasteiger partial charge < -0.3 is 18.9 Å². The maximum atomic E-state index is 5.92. The van der Waals surface area contributed by atoms with E-state index in [0.29, 0.717) is 13.2 Å². The van der Waals surface area contributed by atoms with Gasteiger partial charge in [-0.05, 0) is 5.56 Å². The first-order chi connectivity index (χ1) is 8.42. The smallest absolute Gasteiger partial charge is 0.187 e. The lowest BCUT2D eigenvalue weighted by Gasteiger charge is -2.24. The van der Waals surface area contributed by atoms with Gasteiger partial charge in [0.1, 0.15) is 24.4 Å². The summed E-state index contributed by atoms with van der Waals surface area (Å²) < 4.78 is 22.6. The Morgan fingerprint density at radius 1 is 1.12 bits per heavy atom. The highest BCUT2D eigenvalue weighted by Gasteiger charge is 2.62. The van der Waals surface area contributed by atoms with Crippen LogP contribution in [0.2, 0.25) is 0 Å². The predicted octanol–water partition coefficient (Wildman–Crippen LogP) is 1.09. The maximum Gasteiger partial charge on any atom is 0.187 e. The molecule has 90 valence electrons. The molecule has 1 aromatic rings. The van der Waals surface area contributed by atoms with Crippen LogP contribution in [-0.4, -0.2) is 37.3 Å². The van der Waals surface area contributed by atoms with Gasteiger partial charge in [0.15, 0.2) is 6.29 Å². The van der Waals surface area contributed by atoms with Gasteiger partial charge in [-0.15, -0.1) is 0 Å². The molecule has 0 aliphatic carbocycles. The molecule has 3 heterocycles. The Bertz CT molecular complexity index is 407. The third-order valence-electron chi connectivity index (χ3n) is 3.54. The molecule has 0 saturated carbocycles. The van der Waals surface area contributed by atoms with Crippen molar-refractivity contribution in [1.29, 1.82) is 0 Å². The standard InChI is InChI=1S/C13H14O4/c1-2-4-8(5-3-1)6-14-10-9-7-15-13(16-9)12-11(10)17-12/h1-5,9-13H,6-7H2/t9?,10-,11?,12?,13+/m0/s1. The van der Waals surface area contributed by atoms with Crippen LogP contribution in [0.5, 0.6) is 0 Å². The average Bonchev–Trinajstić information content (AvgIpc) is 3.05. The molecule has 3 unspecified atom stereocenters. The lowest BCUT2D eigenvalue weighted by molar-refractivity contribution is -0.121. The number of fused-ring (bicyclic) bond motifs is 4. The van der Waals surface area contributed by atoms with Crippen molar-refractivity contribution in [3.63, 3.8) is 0 Å². The molecule has 4 nitrogen and oxygen atoms in total. The van der Waals surface area contributed by atoms with E-state index in [2.05, 4.69) is 12.1 Å². The Morgan fingerprint density at radius 3 is 2.88 bits per heavy atom. The van der Waals surface area contributed by atoms with Crippen molar-refractivity contribution >= 4 is 0 Å². The van der Waals surface area contributed by atoms with E-state index < -0.39 is 0 Å². The molecule has 4 rings (SSSR count). The summed E-state index contributed by atoms with van der Waals surface area (Å²) in [6.07, 6.45) is 0.160. The van der Waals surface area contributed by atoms with Crippen molar-refractivity contribution in [1.82, 2.24) is 0 Å². The van der Waals surface area contributed by atoms with Crippen molar-refractivity contribution in [2.24, 2.45) is 0 Å². The van der Waals surface area contributed by atoms with Gasteiger partial charge in [0.2, 0.25) is 0 Å². The lowest BCUT2D eigenvalue weighted by Crippen LogP contribution is -2.41. The van der Waals surface area contributed by atoms with Gasteiger partial charge in [-0.1, -0.05) is 30.3 Å². The van der Waals surface area contributed by atoms with E-state index in [1.54, 1.807) is 0 Å². The van der Waals surface area contributed by atoms with Crippen LogP contribution in [0.25, 0.3) is 0 Å². The van der Waals surface area contributed by atoms with E-state index >= 15 is 0 Å². The highest BCUT2D eigenvalue weighted by Crippen LogP contribution is 2.43. The Hall–Kier alpha value is -0.940. The lowest BCUT2D eigenvalue weighted by atomic mass is 10.1. The van der Waals surface area contributed by atoms with E-state index in [0.717, 1.165) is 0 Å². The number of rotatable bonds is 3. The zero-order valence-corrected chi connectivity index (χ0v) is 9.32. The van der Waals surface area contributed by atoms with Crippen LogP contribution in [-0.2, 0) is 25.6 Å². The van der Waals surface area contributed by atoms with Gasteiger partial charge in [-0.3, -0.25) is 0 Å². The molecule has 3 fully saturated rings. The molecule has 4 heteroatoms. The van der Waals surface area contributed by atoms with Gasteiger partial charge in [-0.2, -0.15) is 0 Å². The Morgan fingerprint density at radius 2 is 2.00 bits per heavy atom. The maximum absolute atomic E-state index is 5.92. The van der Waals surface area contributed by atoms with E-state index in [1.807, 2.05) is 18.2 Å². The molecule has 0 aromatic heterocycles. The van der Waals surface area contributed by atoms with Crippen LogP contribution in [0.1, 0.15) is 5.56 Å². The Balaban J connectivity index is 1.43. The van der Waals surface area contributed by atoms with Gasteiger partial charge in [-0.25, -0.2) is 0 Å². The second kappa shape index (κ2) is 3.78. The fourth-order valence-corrected chi connectivity index (χ4v) is 2.58. The van der Waals surface area contributed by atoms with Crippen molar-refractivity contribution in [2.75, 3.05) is 6.61 Å². The van der Waals surface area contributed by atoms with Crippen molar-refractivity contribution in [2.45, 2.75) is 37.3 Å². The largest absolute Gasteiger partial charge is 0.368 e. The minimum Gasteiger partial charge on any atom is -0.368 e. The fraction of sp³-hybridized carbons (Fsp3) is 0.538. The summed E-state index contributed by atoms with van der Waals surface area (Å²) >= 11 is 0. The molecule has 1 aromatic carbocycles.